The second kappa shape index (κ2) is 4.38. The number of nitrogens with one attached hydrogen (secondary N) is 1. The number of carbonyl (C=O) groups is 1. The Morgan fingerprint density at radius 1 is 1.53 bits per heavy atom. The maximum Gasteiger partial charge on any atom is 0.243 e. The van der Waals surface area contributed by atoms with Crippen molar-refractivity contribution in [2.75, 3.05) is 6.54 Å². The van der Waals surface area contributed by atoms with Gasteiger partial charge in [0.15, 0.2) is 12.1 Å². The number of amides is 1. The average molecular weight is 243 g/mol. The Morgan fingerprint density at radius 2 is 2.24 bits per heavy atom. The molecule has 2 fully saturated rings. The Balaban J connectivity index is 1.89. The lowest BCUT2D eigenvalue weighted by atomic mass is 10.1. The van der Waals surface area contributed by atoms with Crippen LogP contribution in [0.4, 0.5) is 0 Å². The smallest absolute Gasteiger partial charge is 0.243 e. The van der Waals surface area contributed by atoms with Crippen LogP contribution in [0.1, 0.15) is 13.8 Å². The number of hydrogen-bond acceptors (Lipinski definition) is 5. The van der Waals surface area contributed by atoms with Gasteiger partial charge in [-0.05, 0) is 19.9 Å². The highest BCUT2D eigenvalue weighted by atomic mass is 16.8. The molecule has 0 aromatic rings. The fraction of sp³-hybridized carbons (Fsp3) is 0.727. The first-order valence-electron chi connectivity index (χ1n) is 5.52. The Labute approximate surface area is 99.5 Å². The predicted molar refractivity (Wildman–Crippen MR) is 57.9 cm³/mol. The molecule has 0 unspecified atom stereocenters. The van der Waals surface area contributed by atoms with Crippen molar-refractivity contribution in [1.29, 1.82) is 0 Å². The molecule has 4 atom stereocenters. The van der Waals surface area contributed by atoms with Gasteiger partial charge in [-0.3, -0.25) is 4.79 Å². The molecule has 0 aliphatic carbocycles. The molecular weight excluding hydrogens is 226 g/mol. The summed E-state index contributed by atoms with van der Waals surface area (Å²) in [5.74, 6) is -1.05. The molecule has 0 spiro atoms. The van der Waals surface area contributed by atoms with Crippen LogP contribution in [0, 0.1) is 0 Å². The second-order valence-corrected chi connectivity index (χ2v) is 4.58. The molecule has 2 N–H and O–H groups in total. The number of fused-ring (bicyclic) bond motifs is 1. The standard InChI is InChI=1S/C11H17NO5/c1-4-7(13)12-5-6-8(14)9-10(15-6)17-11(2,3)16-9/h4,6,8-10,14H,1,5H2,2-3H3,(H,12,13)/t6-,8-,9-,10-/m1/s1. The highest BCUT2D eigenvalue weighted by Gasteiger charge is 2.54. The molecule has 6 nitrogen and oxygen atoms in total. The van der Waals surface area contributed by atoms with E-state index in [0.717, 1.165) is 6.08 Å². The third-order valence-electron chi connectivity index (χ3n) is 2.78. The molecule has 0 saturated carbocycles. The minimum absolute atomic E-state index is 0.201. The maximum atomic E-state index is 11.0. The number of aliphatic hydroxyl groups is 1. The van der Waals surface area contributed by atoms with E-state index in [-0.39, 0.29) is 12.5 Å². The second-order valence-electron chi connectivity index (χ2n) is 4.58. The number of carbonyl (C=O) groups excluding carboxylic acids is 1. The van der Waals surface area contributed by atoms with Gasteiger partial charge in [-0.2, -0.15) is 0 Å². The SMILES string of the molecule is C=CC(=O)NC[C@H]1O[C@@H]2OC(C)(C)O[C@@H]2[C@@H]1O. The van der Waals surface area contributed by atoms with E-state index >= 15 is 0 Å². The van der Waals surface area contributed by atoms with Gasteiger partial charge in [0.05, 0.1) is 0 Å². The lowest BCUT2D eigenvalue weighted by Crippen LogP contribution is -2.41. The normalized spacial score (nSPS) is 38.8. The van der Waals surface area contributed by atoms with Crippen molar-refractivity contribution >= 4 is 5.91 Å². The van der Waals surface area contributed by atoms with E-state index in [9.17, 15) is 9.90 Å². The zero-order valence-electron chi connectivity index (χ0n) is 9.88. The van der Waals surface area contributed by atoms with Gasteiger partial charge in [0.25, 0.3) is 0 Å². The van der Waals surface area contributed by atoms with Crippen molar-refractivity contribution in [3.8, 4) is 0 Å². The molecule has 2 aliphatic heterocycles. The lowest BCUT2D eigenvalue weighted by molar-refractivity contribution is -0.214. The lowest BCUT2D eigenvalue weighted by Gasteiger charge is -2.22. The summed E-state index contributed by atoms with van der Waals surface area (Å²) in [6.45, 7) is 7.06. The third-order valence-corrected chi connectivity index (χ3v) is 2.78. The Hall–Kier alpha value is -0.950. The van der Waals surface area contributed by atoms with E-state index in [1.54, 1.807) is 13.8 Å². The van der Waals surface area contributed by atoms with Crippen LogP contribution < -0.4 is 5.32 Å². The monoisotopic (exact) mass is 243 g/mol. The number of hydrogen-bond donors (Lipinski definition) is 2. The van der Waals surface area contributed by atoms with Crippen molar-refractivity contribution in [3.05, 3.63) is 12.7 Å². The van der Waals surface area contributed by atoms with Crippen LogP contribution in [0.25, 0.3) is 0 Å². The van der Waals surface area contributed by atoms with Gasteiger partial charge in [-0.1, -0.05) is 6.58 Å². The molecule has 0 bridgehead atoms. The molecule has 2 heterocycles. The van der Waals surface area contributed by atoms with E-state index in [1.807, 2.05) is 0 Å². The van der Waals surface area contributed by atoms with Crippen LogP contribution in [0.5, 0.6) is 0 Å². The Morgan fingerprint density at radius 3 is 2.82 bits per heavy atom. The summed E-state index contributed by atoms with van der Waals surface area (Å²) in [5, 5.41) is 12.5. The summed E-state index contributed by atoms with van der Waals surface area (Å²) in [6.07, 6.45) is -1.25. The van der Waals surface area contributed by atoms with Gasteiger partial charge in [0.1, 0.15) is 18.3 Å². The van der Waals surface area contributed by atoms with E-state index in [4.69, 9.17) is 14.2 Å². The first-order valence-corrected chi connectivity index (χ1v) is 5.52. The van der Waals surface area contributed by atoms with Crippen molar-refractivity contribution in [3.63, 3.8) is 0 Å². The van der Waals surface area contributed by atoms with Gasteiger partial charge in [-0.15, -0.1) is 0 Å². The first-order chi connectivity index (χ1) is 7.93. The Kier molecular flexibility index (Phi) is 3.22. The molecule has 0 radical (unpaired) electrons. The summed E-state index contributed by atoms with van der Waals surface area (Å²) in [5.41, 5.74) is 0. The van der Waals surface area contributed by atoms with Crippen LogP contribution in [0.2, 0.25) is 0 Å². The summed E-state index contributed by atoms with van der Waals surface area (Å²) in [7, 11) is 0. The van der Waals surface area contributed by atoms with Crippen LogP contribution >= 0.6 is 0 Å². The molecule has 2 saturated heterocycles. The van der Waals surface area contributed by atoms with Crippen LogP contribution in [-0.2, 0) is 19.0 Å². The largest absolute Gasteiger partial charge is 0.387 e. The molecule has 96 valence electrons. The topological polar surface area (TPSA) is 77.0 Å². The highest BCUT2D eigenvalue weighted by molar-refractivity contribution is 5.86. The quantitative estimate of drug-likeness (QED) is 0.655. The third kappa shape index (κ3) is 2.50. The number of ether oxygens (including phenoxy) is 3. The fourth-order valence-corrected chi connectivity index (χ4v) is 2.00. The average Bonchev–Trinajstić information content (AvgIpc) is 2.70. The molecular formula is C11H17NO5. The van der Waals surface area contributed by atoms with Crippen LogP contribution in [0.15, 0.2) is 12.7 Å². The predicted octanol–water partition coefficient (Wildman–Crippen LogP) is -0.474. The Bertz CT molecular complexity index is 330. The van der Waals surface area contributed by atoms with Gasteiger partial charge in [-0.25, -0.2) is 0 Å². The molecule has 17 heavy (non-hydrogen) atoms. The fourth-order valence-electron chi connectivity index (χ4n) is 2.00. The molecule has 2 rings (SSSR count). The molecule has 1 amide bonds. The zero-order chi connectivity index (χ0) is 12.6. The maximum absolute atomic E-state index is 11.0. The summed E-state index contributed by atoms with van der Waals surface area (Å²) < 4.78 is 16.5. The zero-order valence-corrected chi connectivity index (χ0v) is 9.88. The molecule has 0 aromatic heterocycles. The summed E-state index contributed by atoms with van der Waals surface area (Å²) >= 11 is 0. The summed E-state index contributed by atoms with van der Waals surface area (Å²) in [6, 6.07) is 0. The molecule has 6 heteroatoms. The van der Waals surface area contributed by atoms with Crippen LogP contribution in [0.3, 0.4) is 0 Å². The van der Waals surface area contributed by atoms with E-state index in [0.29, 0.717) is 0 Å². The number of rotatable bonds is 3. The van der Waals surface area contributed by atoms with Gasteiger partial charge >= 0.3 is 0 Å². The molecule has 2 aliphatic rings. The molecule has 0 aromatic carbocycles. The van der Waals surface area contributed by atoms with Crippen LogP contribution in [-0.4, -0.2) is 47.9 Å². The number of aliphatic hydroxyl groups excluding tert-OH is 1. The minimum atomic E-state index is -0.813. The first kappa shape index (κ1) is 12.5. The van der Waals surface area contributed by atoms with Gasteiger partial charge in [0.2, 0.25) is 5.91 Å². The van der Waals surface area contributed by atoms with E-state index < -0.39 is 30.4 Å². The highest BCUT2D eigenvalue weighted by Crippen LogP contribution is 2.37. The van der Waals surface area contributed by atoms with Crippen molar-refractivity contribution in [2.24, 2.45) is 0 Å². The van der Waals surface area contributed by atoms with Crippen molar-refractivity contribution < 1.29 is 24.1 Å². The van der Waals surface area contributed by atoms with E-state index in [2.05, 4.69) is 11.9 Å². The van der Waals surface area contributed by atoms with E-state index in [1.165, 1.54) is 0 Å². The van der Waals surface area contributed by atoms with Gasteiger partial charge < -0.3 is 24.6 Å². The summed E-state index contributed by atoms with van der Waals surface area (Å²) in [4.78, 5) is 11.0. The minimum Gasteiger partial charge on any atom is -0.387 e. The van der Waals surface area contributed by atoms with Gasteiger partial charge in [0, 0.05) is 6.54 Å². The van der Waals surface area contributed by atoms with Crippen molar-refractivity contribution in [2.45, 2.75) is 44.2 Å². The van der Waals surface area contributed by atoms with Crippen molar-refractivity contribution in [1.82, 2.24) is 5.32 Å².